The molecule has 0 aromatic heterocycles. The third kappa shape index (κ3) is 6.45. The summed E-state index contributed by atoms with van der Waals surface area (Å²) in [4.78, 5) is 38.8. The molecule has 0 atom stereocenters. The average molecular weight is 615 g/mol. The fourth-order valence-electron chi connectivity index (χ4n) is 3.71. The lowest BCUT2D eigenvalue weighted by atomic mass is 10.1. The van der Waals surface area contributed by atoms with Crippen LogP contribution in [0.25, 0.3) is 6.08 Å². The lowest BCUT2D eigenvalue weighted by molar-refractivity contribution is -0.123. The Morgan fingerprint density at radius 1 is 1.14 bits per heavy atom. The highest BCUT2D eigenvalue weighted by atomic mass is 127. The molecule has 2 N–H and O–H groups in total. The summed E-state index contributed by atoms with van der Waals surface area (Å²) in [7, 11) is 1.46. The quantitative estimate of drug-likeness (QED) is 0.215. The van der Waals surface area contributed by atoms with Crippen molar-refractivity contribution in [3.63, 3.8) is 0 Å². The van der Waals surface area contributed by atoms with Gasteiger partial charge in [-0.3, -0.25) is 14.5 Å². The van der Waals surface area contributed by atoms with E-state index in [9.17, 15) is 18.8 Å². The zero-order valence-electron chi connectivity index (χ0n) is 20.0. The molecular formula is C27H23FIN3O5. The van der Waals surface area contributed by atoms with Crippen LogP contribution >= 0.6 is 22.6 Å². The van der Waals surface area contributed by atoms with Crippen LogP contribution in [0.2, 0.25) is 0 Å². The third-order valence-corrected chi connectivity index (χ3v) is 6.23. The Morgan fingerprint density at radius 3 is 2.59 bits per heavy atom. The molecule has 10 heteroatoms. The number of benzene rings is 3. The first-order valence-corrected chi connectivity index (χ1v) is 12.3. The first kappa shape index (κ1) is 26.1. The number of nitrogens with one attached hydrogen (secondary N) is 2. The molecule has 8 nitrogen and oxygen atoms in total. The van der Waals surface area contributed by atoms with Gasteiger partial charge in [-0.1, -0.05) is 29.8 Å². The van der Waals surface area contributed by atoms with Crippen molar-refractivity contribution in [2.24, 2.45) is 0 Å². The van der Waals surface area contributed by atoms with Gasteiger partial charge in [0.1, 0.15) is 11.5 Å². The van der Waals surface area contributed by atoms with Gasteiger partial charge in [-0.25, -0.2) is 9.18 Å². The Bertz CT molecular complexity index is 1390. The van der Waals surface area contributed by atoms with Gasteiger partial charge in [0.15, 0.2) is 18.1 Å². The van der Waals surface area contributed by atoms with Gasteiger partial charge in [-0.15, -0.1) is 0 Å². The number of carbonyl (C=O) groups is 3. The lowest BCUT2D eigenvalue weighted by Gasteiger charge is -2.14. The molecule has 0 unspecified atom stereocenters. The van der Waals surface area contributed by atoms with Crippen LogP contribution in [0.4, 0.5) is 14.9 Å². The van der Waals surface area contributed by atoms with Crippen molar-refractivity contribution in [3.8, 4) is 11.5 Å². The third-order valence-electron chi connectivity index (χ3n) is 5.42. The van der Waals surface area contributed by atoms with Gasteiger partial charge < -0.3 is 20.1 Å². The minimum absolute atomic E-state index is 0.142. The summed E-state index contributed by atoms with van der Waals surface area (Å²) >= 11 is 2.04. The molecule has 4 rings (SSSR count). The van der Waals surface area contributed by atoms with Crippen LogP contribution in [0.3, 0.4) is 0 Å². The van der Waals surface area contributed by atoms with Gasteiger partial charge in [0.25, 0.3) is 11.8 Å². The van der Waals surface area contributed by atoms with Crippen molar-refractivity contribution in [2.45, 2.75) is 13.5 Å². The van der Waals surface area contributed by atoms with Gasteiger partial charge in [-0.05, 0) is 83.1 Å². The van der Waals surface area contributed by atoms with Crippen molar-refractivity contribution in [2.75, 3.05) is 19.0 Å². The van der Waals surface area contributed by atoms with Crippen LogP contribution in [0, 0.1) is 16.3 Å². The van der Waals surface area contributed by atoms with Crippen molar-refractivity contribution >= 4 is 52.2 Å². The molecule has 3 aromatic carbocycles. The number of ether oxygens (including phenoxy) is 2. The van der Waals surface area contributed by atoms with Gasteiger partial charge >= 0.3 is 6.03 Å². The normalized spacial score (nSPS) is 14.1. The summed E-state index contributed by atoms with van der Waals surface area (Å²) in [5, 5.41) is 5.25. The van der Waals surface area contributed by atoms with Crippen LogP contribution in [-0.2, 0) is 16.1 Å². The topological polar surface area (TPSA) is 97.0 Å². The van der Waals surface area contributed by atoms with Crippen molar-refractivity contribution in [1.29, 1.82) is 0 Å². The highest BCUT2D eigenvalue weighted by molar-refractivity contribution is 14.1. The van der Waals surface area contributed by atoms with Crippen LogP contribution < -0.4 is 20.1 Å². The molecule has 0 radical (unpaired) electrons. The Balaban J connectivity index is 1.46. The smallest absolute Gasteiger partial charge is 0.329 e. The van der Waals surface area contributed by atoms with Crippen molar-refractivity contribution in [3.05, 3.63) is 92.4 Å². The van der Waals surface area contributed by atoms with E-state index in [2.05, 4.69) is 10.6 Å². The van der Waals surface area contributed by atoms with Crippen molar-refractivity contribution < 1.29 is 28.2 Å². The molecule has 1 heterocycles. The summed E-state index contributed by atoms with van der Waals surface area (Å²) in [5.41, 5.74) is 3.08. The average Bonchev–Trinajstić information content (AvgIpc) is 3.11. The first-order chi connectivity index (χ1) is 17.7. The van der Waals surface area contributed by atoms with Crippen LogP contribution in [0.15, 0.2) is 66.4 Å². The van der Waals surface area contributed by atoms with Gasteiger partial charge in [0.2, 0.25) is 0 Å². The molecule has 0 saturated carbocycles. The number of halogens is 2. The fraction of sp³-hybridized carbons (Fsp3) is 0.148. The van der Waals surface area contributed by atoms with Crippen molar-refractivity contribution in [1.82, 2.24) is 10.2 Å². The Morgan fingerprint density at radius 2 is 1.89 bits per heavy atom. The molecule has 1 fully saturated rings. The number of rotatable bonds is 8. The maximum absolute atomic E-state index is 13.0. The molecule has 1 saturated heterocycles. The zero-order valence-corrected chi connectivity index (χ0v) is 22.2. The molecule has 0 bridgehead atoms. The molecule has 1 aliphatic heterocycles. The lowest BCUT2D eigenvalue weighted by Crippen LogP contribution is -2.30. The maximum Gasteiger partial charge on any atom is 0.329 e. The van der Waals surface area contributed by atoms with E-state index in [0.717, 1.165) is 16.0 Å². The number of hydrogen-bond donors (Lipinski definition) is 2. The minimum Gasteiger partial charge on any atom is -0.493 e. The Hall–Kier alpha value is -3.93. The van der Waals surface area contributed by atoms with E-state index in [1.807, 2.05) is 53.8 Å². The number of anilines is 1. The monoisotopic (exact) mass is 615 g/mol. The van der Waals surface area contributed by atoms with Crippen LogP contribution in [0.5, 0.6) is 11.5 Å². The number of nitrogens with zero attached hydrogens (tertiary/aromatic N) is 1. The van der Waals surface area contributed by atoms with Crippen LogP contribution in [0.1, 0.15) is 16.7 Å². The van der Waals surface area contributed by atoms with E-state index in [1.165, 1.54) is 31.4 Å². The van der Waals surface area contributed by atoms with E-state index in [-0.39, 0.29) is 18.8 Å². The predicted molar refractivity (Wildman–Crippen MR) is 144 cm³/mol. The summed E-state index contributed by atoms with van der Waals surface area (Å²) < 4.78 is 24.8. The van der Waals surface area contributed by atoms with Gasteiger partial charge in [0, 0.05) is 5.69 Å². The summed E-state index contributed by atoms with van der Waals surface area (Å²) in [6, 6.07) is 15.9. The second-order valence-corrected chi connectivity index (χ2v) is 9.41. The zero-order chi connectivity index (χ0) is 26.5. The summed E-state index contributed by atoms with van der Waals surface area (Å²) in [5.74, 6) is -0.563. The number of methoxy groups -OCH3 is 1. The van der Waals surface area contributed by atoms with E-state index < -0.39 is 23.7 Å². The highest BCUT2D eigenvalue weighted by Gasteiger charge is 2.33. The largest absolute Gasteiger partial charge is 0.493 e. The fourth-order valence-corrected chi connectivity index (χ4v) is 4.49. The molecule has 4 amide bonds. The number of aryl methyl sites for hydroxylation is 1. The molecule has 37 heavy (non-hydrogen) atoms. The number of hydrogen-bond acceptors (Lipinski definition) is 5. The van der Waals surface area contributed by atoms with E-state index >= 15 is 0 Å². The van der Waals surface area contributed by atoms with E-state index in [0.29, 0.717) is 26.3 Å². The van der Waals surface area contributed by atoms with E-state index in [4.69, 9.17) is 9.47 Å². The number of urea groups is 1. The Labute approximate surface area is 226 Å². The molecule has 1 aliphatic rings. The van der Waals surface area contributed by atoms with Gasteiger partial charge in [0.05, 0.1) is 17.2 Å². The molecule has 190 valence electrons. The second-order valence-electron chi connectivity index (χ2n) is 8.25. The SMILES string of the molecule is COc1cc(/C=C2/NC(=O)N(Cc3cccc(C)c3)C2=O)cc(I)c1OCC(=O)Nc1ccc(F)cc1. The van der Waals surface area contributed by atoms with E-state index in [1.54, 1.807) is 18.2 Å². The Kier molecular flexibility index (Phi) is 8.07. The number of carbonyl (C=O) groups excluding carboxylic acids is 3. The maximum atomic E-state index is 13.0. The molecule has 0 aliphatic carbocycles. The molecule has 3 aromatic rings. The molecule has 0 spiro atoms. The highest BCUT2D eigenvalue weighted by Crippen LogP contribution is 2.35. The predicted octanol–water partition coefficient (Wildman–Crippen LogP) is 4.86. The van der Waals surface area contributed by atoms with Gasteiger partial charge in [-0.2, -0.15) is 0 Å². The second kappa shape index (κ2) is 11.4. The summed E-state index contributed by atoms with van der Waals surface area (Å²) in [6.45, 7) is 1.81. The number of amides is 4. The molecular weight excluding hydrogens is 592 g/mol. The van der Waals surface area contributed by atoms with Crippen LogP contribution in [-0.4, -0.2) is 36.5 Å². The summed E-state index contributed by atoms with van der Waals surface area (Å²) in [6.07, 6.45) is 1.56. The number of imide groups is 1. The minimum atomic E-state index is -0.494. The first-order valence-electron chi connectivity index (χ1n) is 11.2. The standard InChI is InChI=1S/C27H23FIN3O5/c1-16-4-3-5-17(10-16)14-32-26(34)22(31-27(32)35)12-18-11-21(29)25(23(13-18)36-2)37-15-24(33)30-20-8-6-19(28)7-9-20/h3-13H,14-15H2,1-2H3,(H,30,33)(H,31,35)/b22-12+.